The molecule has 5 nitrogen and oxygen atoms in total. The molecule has 0 spiro atoms. The molecule has 0 aromatic heterocycles. The standard InChI is InChI=1S/C32H45NO4/c1-6-36-31(35)14-10-9-11-26-16-15-23(2)17-30(26)24(3)37-22-29(34)21-33-32(4,5)20-25-18-27-12-7-8-13-28(27)19-25/h7-9,11-13,15-17,24-25,29,33-34H,6,10,14,18-22H2,1-5H3/t24-,29-/m1/s1. The van der Waals surface area contributed by atoms with Crippen molar-refractivity contribution in [3.63, 3.8) is 0 Å². The van der Waals surface area contributed by atoms with Crippen LogP contribution in [0.4, 0.5) is 0 Å². The van der Waals surface area contributed by atoms with Gasteiger partial charge in [0.15, 0.2) is 0 Å². The SMILES string of the molecule is CCOC(=O)CCC=Cc1ccc(C)cc1[C@@H](C)OC[C@H](O)CNC(C)(C)CC1Cc2ccccc2C1. The number of carbonyl (C=O) groups excluding carboxylic acids is 1. The van der Waals surface area contributed by atoms with Gasteiger partial charge in [-0.25, -0.2) is 0 Å². The first-order valence-electron chi connectivity index (χ1n) is 13.7. The van der Waals surface area contributed by atoms with E-state index < -0.39 is 6.10 Å². The molecule has 0 unspecified atom stereocenters. The van der Waals surface area contributed by atoms with Crippen molar-refractivity contribution < 1.29 is 19.4 Å². The number of aliphatic hydroxyl groups excluding tert-OH is 1. The van der Waals surface area contributed by atoms with E-state index >= 15 is 0 Å². The van der Waals surface area contributed by atoms with E-state index in [9.17, 15) is 9.90 Å². The Morgan fingerprint density at radius 1 is 1.19 bits per heavy atom. The minimum absolute atomic E-state index is 0.0582. The van der Waals surface area contributed by atoms with Crippen LogP contribution in [0.1, 0.15) is 80.9 Å². The summed E-state index contributed by atoms with van der Waals surface area (Å²) in [4.78, 5) is 11.6. The largest absolute Gasteiger partial charge is 0.466 e. The van der Waals surface area contributed by atoms with E-state index in [4.69, 9.17) is 9.47 Å². The van der Waals surface area contributed by atoms with Gasteiger partial charge >= 0.3 is 5.97 Å². The van der Waals surface area contributed by atoms with Gasteiger partial charge in [-0.15, -0.1) is 0 Å². The molecule has 0 fully saturated rings. The third-order valence-corrected chi connectivity index (χ3v) is 7.09. The zero-order valence-electron chi connectivity index (χ0n) is 23.3. The first kappa shape index (κ1) is 29.1. The second-order valence-corrected chi connectivity index (χ2v) is 11.0. The molecule has 2 aromatic rings. The predicted octanol–water partition coefficient (Wildman–Crippen LogP) is 5.96. The maximum Gasteiger partial charge on any atom is 0.306 e. The number of fused-ring (bicyclic) bond motifs is 1. The number of hydrogen-bond donors (Lipinski definition) is 2. The van der Waals surface area contributed by atoms with Crippen LogP contribution in [-0.4, -0.2) is 42.5 Å². The number of aryl methyl sites for hydroxylation is 1. The number of carbonyl (C=O) groups is 1. The van der Waals surface area contributed by atoms with Crippen molar-refractivity contribution in [3.05, 3.63) is 76.4 Å². The molecule has 2 aromatic carbocycles. The molecule has 37 heavy (non-hydrogen) atoms. The monoisotopic (exact) mass is 507 g/mol. The number of nitrogens with one attached hydrogen (secondary N) is 1. The highest BCUT2D eigenvalue weighted by atomic mass is 16.5. The lowest BCUT2D eigenvalue weighted by molar-refractivity contribution is -0.142. The highest BCUT2D eigenvalue weighted by molar-refractivity contribution is 5.69. The average molecular weight is 508 g/mol. The van der Waals surface area contributed by atoms with Gasteiger partial charge in [0.25, 0.3) is 0 Å². The Labute approximate surface area is 223 Å². The number of ether oxygens (including phenoxy) is 2. The van der Waals surface area contributed by atoms with Crippen LogP contribution in [0.15, 0.2) is 48.5 Å². The number of β-amino-alcohol motifs (C(OH)–C–C–N with tert-alkyl or cyclic N) is 1. The Morgan fingerprint density at radius 2 is 1.89 bits per heavy atom. The van der Waals surface area contributed by atoms with Gasteiger partial charge in [0, 0.05) is 18.5 Å². The van der Waals surface area contributed by atoms with E-state index in [0.29, 0.717) is 31.9 Å². The van der Waals surface area contributed by atoms with Gasteiger partial charge in [-0.3, -0.25) is 4.79 Å². The second-order valence-electron chi connectivity index (χ2n) is 11.0. The molecule has 0 bridgehead atoms. The Hall–Kier alpha value is -2.47. The third-order valence-electron chi connectivity index (χ3n) is 7.09. The van der Waals surface area contributed by atoms with Gasteiger partial charge in [-0.2, -0.15) is 0 Å². The third kappa shape index (κ3) is 9.41. The quantitative estimate of drug-likeness (QED) is 0.309. The van der Waals surface area contributed by atoms with Crippen LogP contribution in [0.5, 0.6) is 0 Å². The zero-order chi connectivity index (χ0) is 26.8. The van der Waals surface area contributed by atoms with Crippen molar-refractivity contribution in [2.75, 3.05) is 19.8 Å². The first-order valence-corrected chi connectivity index (χ1v) is 13.7. The van der Waals surface area contributed by atoms with Gasteiger partial charge < -0.3 is 19.9 Å². The van der Waals surface area contributed by atoms with Crippen molar-refractivity contribution in [1.82, 2.24) is 5.32 Å². The van der Waals surface area contributed by atoms with Crippen LogP contribution >= 0.6 is 0 Å². The number of esters is 1. The second kappa shape index (κ2) is 13.9. The molecule has 2 N–H and O–H groups in total. The topological polar surface area (TPSA) is 67.8 Å². The summed E-state index contributed by atoms with van der Waals surface area (Å²) in [6.45, 7) is 11.5. The predicted molar refractivity (Wildman–Crippen MR) is 150 cm³/mol. The summed E-state index contributed by atoms with van der Waals surface area (Å²) < 4.78 is 11.1. The van der Waals surface area contributed by atoms with E-state index in [2.05, 4.69) is 68.6 Å². The van der Waals surface area contributed by atoms with Gasteiger partial charge in [-0.05, 0) is 88.5 Å². The highest BCUT2D eigenvalue weighted by Crippen LogP contribution is 2.32. The molecule has 0 heterocycles. The molecule has 202 valence electrons. The minimum Gasteiger partial charge on any atom is -0.466 e. The summed E-state index contributed by atoms with van der Waals surface area (Å²) in [7, 11) is 0. The lowest BCUT2D eigenvalue weighted by Gasteiger charge is -2.31. The normalized spacial score (nSPS) is 15.6. The van der Waals surface area contributed by atoms with E-state index in [1.54, 1.807) is 0 Å². The summed E-state index contributed by atoms with van der Waals surface area (Å²) in [5.41, 5.74) is 6.21. The van der Waals surface area contributed by atoms with E-state index in [0.717, 1.165) is 36.0 Å². The average Bonchev–Trinajstić information content (AvgIpc) is 3.26. The fourth-order valence-corrected chi connectivity index (χ4v) is 5.23. The van der Waals surface area contributed by atoms with Crippen LogP contribution in [0.3, 0.4) is 0 Å². The number of benzene rings is 2. The lowest BCUT2D eigenvalue weighted by Crippen LogP contribution is -2.45. The maximum atomic E-state index is 11.6. The van der Waals surface area contributed by atoms with Crippen molar-refractivity contribution in [2.45, 2.75) is 84.5 Å². The lowest BCUT2D eigenvalue weighted by atomic mass is 9.88. The highest BCUT2D eigenvalue weighted by Gasteiger charge is 2.28. The first-order chi connectivity index (χ1) is 17.7. The Morgan fingerprint density at radius 3 is 2.57 bits per heavy atom. The molecule has 0 saturated heterocycles. The molecule has 5 heteroatoms. The fraction of sp³-hybridized carbons (Fsp3) is 0.531. The molecule has 2 atom stereocenters. The fourth-order valence-electron chi connectivity index (χ4n) is 5.23. The molecular formula is C32H45NO4. The molecule has 0 saturated carbocycles. The summed E-state index contributed by atoms with van der Waals surface area (Å²) in [5.74, 6) is 0.463. The van der Waals surface area contributed by atoms with E-state index in [1.807, 2.05) is 26.0 Å². The number of rotatable bonds is 14. The van der Waals surface area contributed by atoms with Gasteiger partial charge in [0.05, 0.1) is 25.4 Å². The summed E-state index contributed by atoms with van der Waals surface area (Å²) in [6, 6.07) is 15.0. The summed E-state index contributed by atoms with van der Waals surface area (Å²) in [6.07, 6.45) is 7.65. The van der Waals surface area contributed by atoms with Crippen LogP contribution in [0, 0.1) is 12.8 Å². The van der Waals surface area contributed by atoms with Crippen molar-refractivity contribution >= 4 is 12.0 Å². The molecule has 1 aliphatic rings. The maximum absolute atomic E-state index is 11.6. The van der Waals surface area contributed by atoms with Crippen LogP contribution in [0.2, 0.25) is 0 Å². The molecular weight excluding hydrogens is 462 g/mol. The van der Waals surface area contributed by atoms with Gasteiger partial charge in [-0.1, -0.05) is 60.2 Å². The molecule has 0 aliphatic heterocycles. The number of aliphatic hydroxyl groups is 1. The van der Waals surface area contributed by atoms with Gasteiger partial charge in [0.2, 0.25) is 0 Å². The summed E-state index contributed by atoms with van der Waals surface area (Å²) in [5, 5.41) is 14.2. The van der Waals surface area contributed by atoms with Crippen molar-refractivity contribution in [3.8, 4) is 0 Å². The molecule has 1 aliphatic carbocycles. The Balaban J connectivity index is 1.45. The van der Waals surface area contributed by atoms with Crippen molar-refractivity contribution in [2.24, 2.45) is 5.92 Å². The van der Waals surface area contributed by atoms with Gasteiger partial charge in [0.1, 0.15) is 0 Å². The number of hydrogen-bond acceptors (Lipinski definition) is 5. The smallest absolute Gasteiger partial charge is 0.306 e. The molecule has 0 amide bonds. The number of allylic oxidation sites excluding steroid dienone is 1. The Kier molecular flexibility index (Phi) is 10.9. The molecule has 0 radical (unpaired) electrons. The van der Waals surface area contributed by atoms with E-state index in [1.165, 1.54) is 11.1 Å². The van der Waals surface area contributed by atoms with E-state index in [-0.39, 0.29) is 24.2 Å². The Bertz CT molecular complexity index is 1020. The zero-order valence-corrected chi connectivity index (χ0v) is 23.3. The van der Waals surface area contributed by atoms with Crippen LogP contribution in [0.25, 0.3) is 6.08 Å². The van der Waals surface area contributed by atoms with Crippen LogP contribution < -0.4 is 5.32 Å². The van der Waals surface area contributed by atoms with Crippen molar-refractivity contribution in [1.29, 1.82) is 0 Å². The minimum atomic E-state index is -0.587. The molecule has 3 rings (SSSR count). The van der Waals surface area contributed by atoms with Crippen LogP contribution in [-0.2, 0) is 27.1 Å². The summed E-state index contributed by atoms with van der Waals surface area (Å²) >= 11 is 0.